The molecule has 0 aromatic carbocycles. The van der Waals surface area contributed by atoms with Crippen LogP contribution < -0.4 is 0 Å². The second-order valence-corrected chi connectivity index (χ2v) is 13.8. The molecule has 1 aromatic rings. The molecule has 1 aromatic heterocycles. The minimum atomic E-state index is -1.83. The molecule has 0 bridgehead atoms. The van der Waals surface area contributed by atoms with Crippen LogP contribution in [0.4, 0.5) is 4.79 Å². The molecular weight excluding hydrogens is 338 g/mol. The second kappa shape index (κ2) is 6.77. The van der Waals surface area contributed by atoms with E-state index in [1.165, 1.54) is 5.06 Å². The fourth-order valence-electron chi connectivity index (χ4n) is 2.11. The Balaban J connectivity index is 2.02. The number of carbonyl (C=O) groups is 1. The molecule has 0 atom stereocenters. The topological polar surface area (TPSA) is 61.1 Å². The van der Waals surface area contributed by atoms with E-state index in [0.717, 1.165) is 16.9 Å². The molecule has 1 aliphatic heterocycles. The van der Waals surface area contributed by atoms with Gasteiger partial charge in [-0.2, -0.15) is 5.06 Å². The molecule has 142 valence electrons. The molecule has 2 rings (SSSR count). The van der Waals surface area contributed by atoms with Crippen LogP contribution in [0.1, 0.15) is 58.4 Å². The highest BCUT2D eigenvalue weighted by atomic mass is 28.4. The number of furan rings is 1. The summed E-state index contributed by atoms with van der Waals surface area (Å²) < 4.78 is 17.2. The first kappa shape index (κ1) is 20.0. The van der Waals surface area contributed by atoms with Crippen LogP contribution in [-0.2, 0) is 33.8 Å². The van der Waals surface area contributed by atoms with Crippen LogP contribution in [0.15, 0.2) is 10.7 Å². The summed E-state index contributed by atoms with van der Waals surface area (Å²) in [7, 11) is -1.83. The van der Waals surface area contributed by atoms with Crippen molar-refractivity contribution in [1.82, 2.24) is 5.06 Å². The third-order valence-electron chi connectivity index (χ3n) is 4.71. The van der Waals surface area contributed by atoms with Crippen molar-refractivity contribution >= 4 is 14.4 Å². The Kier molecular flexibility index (Phi) is 5.42. The van der Waals surface area contributed by atoms with E-state index in [0.29, 0.717) is 6.61 Å². The molecular formula is C18H31NO5Si. The number of hydrogen-bond acceptors (Lipinski definition) is 5. The van der Waals surface area contributed by atoms with Crippen LogP contribution >= 0.6 is 0 Å². The first-order chi connectivity index (χ1) is 11.3. The number of fused-ring (bicyclic) bond motifs is 1. The van der Waals surface area contributed by atoms with E-state index < -0.39 is 20.0 Å². The quantitative estimate of drug-likeness (QED) is 0.703. The van der Waals surface area contributed by atoms with Gasteiger partial charge in [0.15, 0.2) is 8.32 Å². The molecule has 0 saturated heterocycles. The van der Waals surface area contributed by atoms with Gasteiger partial charge in [-0.05, 0) is 38.9 Å². The summed E-state index contributed by atoms with van der Waals surface area (Å²) in [5, 5.41) is 1.36. The third-order valence-corrected chi connectivity index (χ3v) is 9.19. The predicted molar refractivity (Wildman–Crippen MR) is 97.3 cm³/mol. The smallest absolute Gasteiger partial charge is 0.434 e. The molecule has 0 unspecified atom stereocenters. The van der Waals surface area contributed by atoms with Gasteiger partial charge in [-0.1, -0.05) is 20.8 Å². The predicted octanol–water partition coefficient (Wildman–Crippen LogP) is 4.98. The van der Waals surface area contributed by atoms with Gasteiger partial charge in [-0.3, -0.25) is 4.84 Å². The Morgan fingerprint density at radius 2 is 1.88 bits per heavy atom. The zero-order valence-electron chi connectivity index (χ0n) is 16.7. The number of amides is 1. The second-order valence-electron chi connectivity index (χ2n) is 9.00. The Morgan fingerprint density at radius 1 is 1.24 bits per heavy atom. The van der Waals surface area contributed by atoms with E-state index in [9.17, 15) is 4.79 Å². The van der Waals surface area contributed by atoms with Gasteiger partial charge in [0.2, 0.25) is 0 Å². The molecule has 0 saturated carbocycles. The maximum Gasteiger partial charge on any atom is 0.434 e. The maximum atomic E-state index is 12.1. The van der Waals surface area contributed by atoms with Crippen LogP contribution in [0.2, 0.25) is 18.1 Å². The Labute approximate surface area is 151 Å². The van der Waals surface area contributed by atoms with E-state index in [1.54, 1.807) is 6.26 Å². The van der Waals surface area contributed by atoms with Gasteiger partial charge in [0.25, 0.3) is 0 Å². The third kappa shape index (κ3) is 4.86. The molecule has 0 N–H and O–H groups in total. The van der Waals surface area contributed by atoms with E-state index in [-0.39, 0.29) is 18.2 Å². The van der Waals surface area contributed by atoms with Crippen molar-refractivity contribution in [3.05, 3.63) is 23.2 Å². The molecule has 1 amide bonds. The molecule has 1 aliphatic rings. The van der Waals surface area contributed by atoms with E-state index in [2.05, 4.69) is 33.9 Å². The van der Waals surface area contributed by atoms with Crippen LogP contribution in [0.3, 0.4) is 0 Å². The Morgan fingerprint density at radius 3 is 2.44 bits per heavy atom. The lowest BCUT2D eigenvalue weighted by atomic mass is 10.1. The van der Waals surface area contributed by atoms with Crippen LogP contribution in [0, 0.1) is 0 Å². The van der Waals surface area contributed by atoms with E-state index in [1.807, 2.05) is 20.8 Å². The average Bonchev–Trinajstić information content (AvgIpc) is 2.84. The summed E-state index contributed by atoms with van der Waals surface area (Å²) in [5.74, 6) is 0.728. The van der Waals surface area contributed by atoms with Crippen molar-refractivity contribution < 1.29 is 23.2 Å². The molecule has 25 heavy (non-hydrogen) atoms. The molecule has 0 radical (unpaired) electrons. The first-order valence-corrected chi connectivity index (χ1v) is 11.6. The van der Waals surface area contributed by atoms with Crippen molar-refractivity contribution in [2.45, 2.75) is 85.0 Å². The molecule has 0 spiro atoms. The number of ether oxygens (including phenoxy) is 1. The van der Waals surface area contributed by atoms with Gasteiger partial charge in [0.05, 0.1) is 12.9 Å². The summed E-state index contributed by atoms with van der Waals surface area (Å²) in [5.41, 5.74) is 1.40. The van der Waals surface area contributed by atoms with Crippen LogP contribution in [0.5, 0.6) is 0 Å². The van der Waals surface area contributed by atoms with Gasteiger partial charge in [0.1, 0.15) is 24.5 Å². The van der Waals surface area contributed by atoms with Gasteiger partial charge >= 0.3 is 6.09 Å². The van der Waals surface area contributed by atoms with Crippen molar-refractivity contribution in [3.8, 4) is 0 Å². The summed E-state index contributed by atoms with van der Waals surface area (Å²) >= 11 is 0. The zero-order chi connectivity index (χ0) is 19.0. The number of carbonyl (C=O) groups excluding carboxylic acids is 1. The number of nitrogens with zero attached hydrogens (tertiary/aromatic N) is 1. The van der Waals surface area contributed by atoms with Crippen molar-refractivity contribution in [2.75, 3.05) is 0 Å². The number of rotatable bonds is 3. The molecule has 2 heterocycles. The van der Waals surface area contributed by atoms with Crippen molar-refractivity contribution in [3.63, 3.8) is 0 Å². The SMILES string of the molecule is CC(C)(C)OC(=O)N1Cc2occ(CO[Si](C)(C)C(C)(C)C)c2CO1. The fourth-order valence-corrected chi connectivity index (χ4v) is 3.06. The van der Waals surface area contributed by atoms with Gasteiger partial charge in [-0.25, -0.2) is 4.79 Å². The molecule has 0 aliphatic carbocycles. The average molecular weight is 370 g/mol. The monoisotopic (exact) mass is 369 g/mol. The lowest BCUT2D eigenvalue weighted by Gasteiger charge is -2.36. The highest BCUT2D eigenvalue weighted by Crippen LogP contribution is 2.37. The number of hydroxylamine groups is 2. The lowest BCUT2D eigenvalue weighted by Crippen LogP contribution is -2.40. The van der Waals surface area contributed by atoms with Crippen molar-refractivity contribution in [2.24, 2.45) is 0 Å². The molecule has 7 heteroatoms. The van der Waals surface area contributed by atoms with E-state index >= 15 is 0 Å². The summed E-state index contributed by atoms with van der Waals surface area (Å²) in [4.78, 5) is 17.7. The first-order valence-electron chi connectivity index (χ1n) is 8.66. The Hall–Kier alpha value is -1.31. The standard InChI is InChI=1S/C18H31NO5Si/c1-17(2,3)24-16(20)19-9-15-14(12-22-19)13(10-21-15)11-23-25(7,8)18(4,5)6/h10H,9,11-12H2,1-8H3. The normalized spacial score (nSPS) is 15.9. The highest BCUT2D eigenvalue weighted by molar-refractivity contribution is 6.74. The minimum absolute atomic E-state index is 0.154. The van der Waals surface area contributed by atoms with Gasteiger partial charge in [-0.15, -0.1) is 0 Å². The molecule has 0 fully saturated rings. The van der Waals surface area contributed by atoms with Gasteiger partial charge in [0, 0.05) is 11.1 Å². The van der Waals surface area contributed by atoms with Gasteiger partial charge < -0.3 is 13.6 Å². The fraction of sp³-hybridized carbons (Fsp3) is 0.722. The minimum Gasteiger partial charge on any atom is -0.467 e. The van der Waals surface area contributed by atoms with Crippen molar-refractivity contribution in [1.29, 1.82) is 0 Å². The number of hydrogen-bond donors (Lipinski definition) is 0. The highest BCUT2D eigenvalue weighted by Gasteiger charge is 2.38. The zero-order valence-corrected chi connectivity index (χ0v) is 17.7. The lowest BCUT2D eigenvalue weighted by molar-refractivity contribution is -0.174. The van der Waals surface area contributed by atoms with E-state index in [4.69, 9.17) is 18.4 Å². The summed E-state index contributed by atoms with van der Waals surface area (Å²) in [6.45, 7) is 17.6. The summed E-state index contributed by atoms with van der Waals surface area (Å²) in [6, 6.07) is 0. The van der Waals surface area contributed by atoms with Crippen LogP contribution in [0.25, 0.3) is 0 Å². The maximum absolute atomic E-state index is 12.1. The van der Waals surface area contributed by atoms with Crippen LogP contribution in [-0.4, -0.2) is 25.1 Å². The molecule has 6 nitrogen and oxygen atoms in total. The largest absolute Gasteiger partial charge is 0.467 e. The Bertz CT molecular complexity index is 624. The summed E-state index contributed by atoms with van der Waals surface area (Å²) in [6.07, 6.45) is 1.20.